The molecule has 2 fully saturated rings. The van der Waals surface area contributed by atoms with E-state index in [1.54, 1.807) is 0 Å². The predicted molar refractivity (Wildman–Crippen MR) is 75.8 cm³/mol. The Balaban J connectivity index is 1.44. The van der Waals surface area contributed by atoms with Gasteiger partial charge in [-0.25, -0.2) is 9.78 Å². The molecule has 1 N–H and O–H groups in total. The molecule has 1 saturated carbocycles. The fourth-order valence-corrected chi connectivity index (χ4v) is 2.66. The molecule has 124 valence electrons. The molecule has 0 radical (unpaired) electrons. The zero-order valence-electron chi connectivity index (χ0n) is 12.9. The molecule has 1 aliphatic heterocycles. The smallest absolute Gasteiger partial charge is 0.110 e. The molecule has 2 aliphatic rings. The van der Waals surface area contributed by atoms with E-state index in [2.05, 4.69) is 9.78 Å². The molecule has 1 saturated heterocycles. The lowest BCUT2D eigenvalue weighted by Crippen LogP contribution is -2.26. The highest BCUT2D eigenvalue weighted by Gasteiger charge is 2.25. The van der Waals surface area contributed by atoms with Gasteiger partial charge in [-0.3, -0.25) is 0 Å². The third-order valence-electron chi connectivity index (χ3n) is 4.07. The lowest BCUT2D eigenvalue weighted by molar-refractivity contribution is -0.286. The second-order valence-electron chi connectivity index (χ2n) is 6.02. The normalized spacial score (nSPS) is 30.3. The summed E-state index contributed by atoms with van der Waals surface area (Å²) in [7, 11) is 1.42. The van der Waals surface area contributed by atoms with Gasteiger partial charge < -0.3 is 19.3 Å². The lowest BCUT2D eigenvalue weighted by atomic mass is 9.83. The Morgan fingerprint density at radius 2 is 1.62 bits per heavy atom. The minimum absolute atomic E-state index is 0.144. The van der Waals surface area contributed by atoms with Crippen molar-refractivity contribution in [2.75, 3.05) is 46.8 Å². The van der Waals surface area contributed by atoms with Crippen LogP contribution in [0.5, 0.6) is 0 Å². The number of hydrogen-bond donors (Lipinski definition) is 1. The van der Waals surface area contributed by atoms with Crippen molar-refractivity contribution >= 4 is 0 Å². The number of ether oxygens (including phenoxy) is 3. The van der Waals surface area contributed by atoms with Gasteiger partial charge in [0, 0.05) is 13.2 Å². The van der Waals surface area contributed by atoms with Gasteiger partial charge in [0.05, 0.1) is 26.9 Å². The van der Waals surface area contributed by atoms with Crippen LogP contribution in [0.2, 0.25) is 0 Å². The first kappa shape index (κ1) is 17.1. The van der Waals surface area contributed by atoms with Gasteiger partial charge >= 0.3 is 0 Å². The van der Waals surface area contributed by atoms with Crippen LogP contribution in [0, 0.1) is 11.8 Å². The molecule has 2 unspecified atom stereocenters. The van der Waals surface area contributed by atoms with E-state index >= 15 is 0 Å². The monoisotopic (exact) mass is 304 g/mol. The van der Waals surface area contributed by atoms with Crippen molar-refractivity contribution in [3.63, 3.8) is 0 Å². The Morgan fingerprint density at radius 1 is 1.00 bits per heavy atom. The summed E-state index contributed by atoms with van der Waals surface area (Å²) in [5.41, 5.74) is 0. The van der Waals surface area contributed by atoms with Crippen LogP contribution in [0.3, 0.4) is 0 Å². The molecule has 2 rings (SSSR count). The number of aliphatic hydroxyl groups excluding tert-OH is 1. The van der Waals surface area contributed by atoms with Crippen LogP contribution in [-0.4, -0.2) is 64.1 Å². The Bertz CT molecular complexity index is 263. The van der Waals surface area contributed by atoms with E-state index in [-0.39, 0.29) is 6.61 Å². The first-order valence-corrected chi connectivity index (χ1v) is 7.88. The second-order valence-corrected chi connectivity index (χ2v) is 6.02. The maximum Gasteiger partial charge on any atom is 0.110 e. The van der Waals surface area contributed by atoms with Gasteiger partial charge in [-0.1, -0.05) is 0 Å². The molecule has 2 atom stereocenters. The molecule has 6 nitrogen and oxygen atoms in total. The summed E-state index contributed by atoms with van der Waals surface area (Å²) in [6, 6.07) is 0. The van der Waals surface area contributed by atoms with E-state index in [0.29, 0.717) is 31.2 Å². The summed E-state index contributed by atoms with van der Waals surface area (Å²) in [5, 5.41) is 9.54. The molecule has 0 aromatic carbocycles. The van der Waals surface area contributed by atoms with Crippen molar-refractivity contribution in [1.82, 2.24) is 0 Å². The molecule has 0 aromatic rings. The number of rotatable bonds is 11. The average molecular weight is 304 g/mol. The molecule has 0 bridgehead atoms. The van der Waals surface area contributed by atoms with Crippen LogP contribution in [0.25, 0.3) is 0 Å². The second kappa shape index (κ2) is 9.71. The SMILES string of the molecule is COOCC(O)COCC1CCC(COCC2CO2)CC1. The van der Waals surface area contributed by atoms with E-state index in [0.717, 1.165) is 19.8 Å². The number of hydrogen-bond acceptors (Lipinski definition) is 6. The van der Waals surface area contributed by atoms with Gasteiger partial charge in [0.25, 0.3) is 0 Å². The molecule has 21 heavy (non-hydrogen) atoms. The van der Waals surface area contributed by atoms with Gasteiger partial charge in [0.1, 0.15) is 18.8 Å². The van der Waals surface area contributed by atoms with Gasteiger partial charge in [0.2, 0.25) is 0 Å². The molecule has 1 heterocycles. The van der Waals surface area contributed by atoms with E-state index in [4.69, 9.17) is 14.2 Å². The zero-order chi connectivity index (χ0) is 14.9. The van der Waals surface area contributed by atoms with E-state index in [1.165, 1.54) is 32.8 Å². The van der Waals surface area contributed by atoms with E-state index < -0.39 is 6.10 Å². The topological polar surface area (TPSA) is 69.7 Å². The predicted octanol–water partition coefficient (Wildman–Crippen LogP) is 1.16. The van der Waals surface area contributed by atoms with Gasteiger partial charge in [-0.2, -0.15) is 0 Å². The first-order chi connectivity index (χ1) is 10.3. The molecular formula is C15H28O6. The van der Waals surface area contributed by atoms with Crippen molar-refractivity contribution in [3.8, 4) is 0 Å². The zero-order valence-corrected chi connectivity index (χ0v) is 12.9. The minimum Gasteiger partial charge on any atom is -0.388 e. The fraction of sp³-hybridized carbons (Fsp3) is 1.00. The van der Waals surface area contributed by atoms with Gasteiger partial charge in [0.15, 0.2) is 0 Å². The van der Waals surface area contributed by atoms with Crippen LogP contribution >= 0.6 is 0 Å². The first-order valence-electron chi connectivity index (χ1n) is 7.88. The highest BCUT2D eigenvalue weighted by atomic mass is 17.2. The van der Waals surface area contributed by atoms with Crippen LogP contribution < -0.4 is 0 Å². The highest BCUT2D eigenvalue weighted by Crippen LogP contribution is 2.29. The third-order valence-corrected chi connectivity index (χ3v) is 4.07. The van der Waals surface area contributed by atoms with Crippen molar-refractivity contribution in [2.24, 2.45) is 11.8 Å². The molecule has 0 amide bonds. The van der Waals surface area contributed by atoms with Crippen LogP contribution in [-0.2, 0) is 24.0 Å². The fourth-order valence-electron chi connectivity index (χ4n) is 2.66. The van der Waals surface area contributed by atoms with Gasteiger partial charge in [-0.15, -0.1) is 0 Å². The van der Waals surface area contributed by atoms with E-state index in [9.17, 15) is 5.11 Å². The summed E-state index contributed by atoms with van der Waals surface area (Å²) >= 11 is 0. The molecule has 1 aliphatic carbocycles. The summed E-state index contributed by atoms with van der Waals surface area (Å²) in [4.78, 5) is 9.09. The quantitative estimate of drug-likeness (QED) is 0.351. The number of aliphatic hydroxyl groups is 1. The average Bonchev–Trinajstić information content (AvgIpc) is 3.31. The van der Waals surface area contributed by atoms with Crippen molar-refractivity contribution in [2.45, 2.75) is 37.9 Å². The van der Waals surface area contributed by atoms with Crippen LogP contribution in [0.15, 0.2) is 0 Å². The minimum atomic E-state index is -0.626. The molecule has 0 spiro atoms. The standard InChI is InChI=1S/C15H28O6/c1-17-21-9-14(16)8-18-6-12-2-4-13(5-3-12)7-19-10-15-11-20-15/h12-16H,2-11H2,1H3. The summed E-state index contributed by atoms with van der Waals surface area (Å²) in [5.74, 6) is 1.28. The van der Waals surface area contributed by atoms with Crippen LogP contribution in [0.1, 0.15) is 25.7 Å². The Kier molecular flexibility index (Phi) is 7.92. The summed E-state index contributed by atoms with van der Waals surface area (Å²) in [6.07, 6.45) is 4.50. The molecular weight excluding hydrogens is 276 g/mol. The molecule has 6 heteroatoms. The largest absolute Gasteiger partial charge is 0.388 e. The maximum atomic E-state index is 9.54. The van der Waals surface area contributed by atoms with Gasteiger partial charge in [-0.05, 0) is 37.5 Å². The van der Waals surface area contributed by atoms with Crippen molar-refractivity contribution in [1.29, 1.82) is 0 Å². The highest BCUT2D eigenvalue weighted by molar-refractivity contribution is 4.73. The Labute approximate surface area is 126 Å². The third kappa shape index (κ3) is 7.54. The van der Waals surface area contributed by atoms with Crippen LogP contribution in [0.4, 0.5) is 0 Å². The molecule has 0 aromatic heterocycles. The lowest BCUT2D eigenvalue weighted by Gasteiger charge is -2.28. The Morgan fingerprint density at radius 3 is 2.19 bits per heavy atom. The maximum absolute atomic E-state index is 9.54. The summed E-state index contributed by atoms with van der Waals surface area (Å²) in [6.45, 7) is 3.64. The summed E-state index contributed by atoms with van der Waals surface area (Å²) < 4.78 is 16.3. The Hall–Kier alpha value is -0.240. The van der Waals surface area contributed by atoms with Crippen molar-refractivity contribution < 1.29 is 29.1 Å². The van der Waals surface area contributed by atoms with E-state index in [1.807, 2.05) is 0 Å². The number of epoxide rings is 1. The van der Waals surface area contributed by atoms with Crippen molar-refractivity contribution in [3.05, 3.63) is 0 Å².